The highest BCUT2D eigenvalue weighted by atomic mass is 32.2. The van der Waals surface area contributed by atoms with Crippen LogP contribution in [0.5, 0.6) is 5.75 Å². The van der Waals surface area contributed by atoms with Gasteiger partial charge in [-0.2, -0.15) is 0 Å². The van der Waals surface area contributed by atoms with Crippen LogP contribution in [-0.2, 0) is 9.59 Å². The first-order chi connectivity index (χ1) is 11.4. The number of nitrogens with one attached hydrogen (secondary N) is 2. The minimum Gasteiger partial charge on any atom is -0.495 e. The zero-order valence-corrected chi connectivity index (χ0v) is 14.7. The van der Waals surface area contributed by atoms with Crippen molar-refractivity contribution in [3.63, 3.8) is 0 Å². The van der Waals surface area contributed by atoms with E-state index in [2.05, 4.69) is 15.6 Å². The van der Waals surface area contributed by atoms with E-state index in [9.17, 15) is 9.59 Å². The third kappa shape index (κ3) is 4.76. The topological polar surface area (TPSA) is 93.5 Å². The quantitative estimate of drug-likeness (QED) is 0.779. The smallest absolute Gasteiger partial charge is 0.256 e. The molecule has 0 aliphatic carbocycles. The molecule has 7 nitrogen and oxygen atoms in total. The fraction of sp³-hybridized carbons (Fsp3) is 0.312. The van der Waals surface area contributed by atoms with Crippen LogP contribution in [0.2, 0.25) is 0 Å². The minimum absolute atomic E-state index is 0.146. The highest BCUT2D eigenvalue weighted by Gasteiger charge is 2.12. The van der Waals surface area contributed by atoms with Crippen LogP contribution in [0.15, 0.2) is 27.8 Å². The molecule has 0 unspecified atom stereocenters. The zero-order valence-electron chi connectivity index (χ0n) is 13.9. The van der Waals surface area contributed by atoms with E-state index in [1.807, 2.05) is 13.8 Å². The normalized spacial score (nSPS) is 10.3. The molecule has 0 saturated heterocycles. The van der Waals surface area contributed by atoms with Gasteiger partial charge < -0.3 is 19.8 Å². The Bertz CT molecular complexity index is 738. The van der Waals surface area contributed by atoms with Gasteiger partial charge in [0.25, 0.3) is 5.22 Å². The van der Waals surface area contributed by atoms with Gasteiger partial charge in [-0.25, -0.2) is 4.98 Å². The number of aryl methyl sites for hydroxylation is 2. The number of anilines is 2. The summed E-state index contributed by atoms with van der Waals surface area (Å²) in [5, 5.41) is 5.88. The minimum atomic E-state index is -0.230. The van der Waals surface area contributed by atoms with Crippen LogP contribution < -0.4 is 15.4 Å². The molecule has 2 amide bonds. The zero-order chi connectivity index (χ0) is 17.7. The SMILES string of the molecule is COc1ccc(NC(C)=O)cc1NC(=O)CSc1nc(C)c(C)o1. The van der Waals surface area contributed by atoms with Crippen molar-refractivity contribution in [1.82, 2.24) is 4.98 Å². The first-order valence-electron chi connectivity index (χ1n) is 7.21. The van der Waals surface area contributed by atoms with Crippen molar-refractivity contribution < 1.29 is 18.7 Å². The Morgan fingerprint density at radius 2 is 2.04 bits per heavy atom. The van der Waals surface area contributed by atoms with Gasteiger partial charge in [-0.05, 0) is 32.0 Å². The van der Waals surface area contributed by atoms with E-state index < -0.39 is 0 Å². The first kappa shape index (κ1) is 17.9. The fourth-order valence-corrected chi connectivity index (χ4v) is 2.62. The largest absolute Gasteiger partial charge is 0.495 e. The maximum atomic E-state index is 12.1. The molecule has 0 atom stereocenters. The molecule has 2 N–H and O–H groups in total. The molecule has 1 heterocycles. The number of ether oxygens (including phenoxy) is 1. The number of thioether (sulfide) groups is 1. The lowest BCUT2D eigenvalue weighted by molar-refractivity contribution is -0.114. The van der Waals surface area contributed by atoms with Gasteiger partial charge in [0.05, 0.1) is 24.2 Å². The molecule has 0 aliphatic heterocycles. The summed E-state index contributed by atoms with van der Waals surface area (Å²) < 4.78 is 10.6. The number of oxazole rings is 1. The fourth-order valence-electron chi connectivity index (χ4n) is 1.91. The van der Waals surface area contributed by atoms with Crippen molar-refractivity contribution in [3.05, 3.63) is 29.7 Å². The van der Waals surface area contributed by atoms with E-state index in [1.165, 1.54) is 25.8 Å². The average Bonchev–Trinajstić information content (AvgIpc) is 2.83. The van der Waals surface area contributed by atoms with Crippen molar-refractivity contribution in [2.24, 2.45) is 0 Å². The number of nitrogens with zero attached hydrogens (tertiary/aromatic N) is 1. The van der Waals surface area contributed by atoms with Crippen molar-refractivity contribution in [1.29, 1.82) is 0 Å². The maximum absolute atomic E-state index is 12.1. The molecule has 0 radical (unpaired) electrons. The van der Waals surface area contributed by atoms with Crippen molar-refractivity contribution in [2.75, 3.05) is 23.5 Å². The Morgan fingerprint density at radius 1 is 1.29 bits per heavy atom. The van der Waals surface area contributed by atoms with Crippen LogP contribution in [0.4, 0.5) is 11.4 Å². The number of rotatable bonds is 6. The number of amides is 2. The third-order valence-corrected chi connectivity index (χ3v) is 3.96. The van der Waals surface area contributed by atoms with Crippen LogP contribution in [0.25, 0.3) is 0 Å². The van der Waals surface area contributed by atoms with E-state index in [4.69, 9.17) is 9.15 Å². The molecular formula is C16H19N3O4S. The number of carbonyl (C=O) groups excluding carboxylic acids is 2. The first-order valence-corrected chi connectivity index (χ1v) is 8.20. The van der Waals surface area contributed by atoms with Gasteiger partial charge in [0, 0.05) is 12.6 Å². The Kier molecular flexibility index (Phi) is 5.86. The van der Waals surface area contributed by atoms with Gasteiger partial charge >= 0.3 is 0 Å². The van der Waals surface area contributed by atoms with E-state index >= 15 is 0 Å². The Morgan fingerprint density at radius 3 is 2.62 bits per heavy atom. The second-order valence-electron chi connectivity index (χ2n) is 5.05. The highest BCUT2D eigenvalue weighted by Crippen LogP contribution is 2.28. The summed E-state index contributed by atoms with van der Waals surface area (Å²) in [5.41, 5.74) is 1.86. The van der Waals surface area contributed by atoms with E-state index in [-0.39, 0.29) is 17.6 Å². The van der Waals surface area contributed by atoms with Gasteiger partial charge in [0.2, 0.25) is 11.8 Å². The number of methoxy groups -OCH3 is 1. The molecule has 1 aromatic heterocycles. The average molecular weight is 349 g/mol. The summed E-state index contributed by atoms with van der Waals surface area (Å²) >= 11 is 1.21. The summed E-state index contributed by atoms with van der Waals surface area (Å²) in [5.74, 6) is 0.967. The Labute approximate surface area is 144 Å². The molecule has 1 aromatic carbocycles. The summed E-state index contributed by atoms with van der Waals surface area (Å²) in [6.45, 7) is 5.09. The van der Waals surface area contributed by atoms with E-state index in [1.54, 1.807) is 18.2 Å². The molecule has 0 aliphatic rings. The Hall–Kier alpha value is -2.48. The summed E-state index contributed by atoms with van der Waals surface area (Å²) in [7, 11) is 1.51. The number of hydrogen-bond donors (Lipinski definition) is 2. The predicted molar refractivity (Wildman–Crippen MR) is 92.6 cm³/mol. The number of hydrogen-bond acceptors (Lipinski definition) is 6. The Balaban J connectivity index is 2.02. The number of aromatic nitrogens is 1. The molecule has 128 valence electrons. The molecule has 0 spiro atoms. The van der Waals surface area contributed by atoms with Gasteiger partial charge in [0.15, 0.2) is 0 Å². The molecule has 0 saturated carbocycles. The molecule has 0 fully saturated rings. The van der Waals surface area contributed by atoms with E-state index in [0.717, 1.165) is 11.5 Å². The van der Waals surface area contributed by atoms with Gasteiger partial charge in [0.1, 0.15) is 11.5 Å². The van der Waals surface area contributed by atoms with Crippen LogP contribution in [0.3, 0.4) is 0 Å². The molecule has 2 aromatic rings. The third-order valence-electron chi connectivity index (χ3n) is 3.13. The standard InChI is InChI=1S/C16H19N3O4S/c1-9-10(2)23-16(17-9)24-8-15(21)19-13-7-12(18-11(3)20)5-6-14(13)22-4/h5-7H,8H2,1-4H3,(H,18,20)(H,19,21). The lowest BCUT2D eigenvalue weighted by Gasteiger charge is -2.12. The molecule has 0 bridgehead atoms. The molecular weight excluding hydrogens is 330 g/mol. The van der Waals surface area contributed by atoms with Crippen LogP contribution >= 0.6 is 11.8 Å². The summed E-state index contributed by atoms with van der Waals surface area (Å²) in [6.07, 6.45) is 0. The summed E-state index contributed by atoms with van der Waals surface area (Å²) in [4.78, 5) is 27.5. The maximum Gasteiger partial charge on any atom is 0.256 e. The lowest BCUT2D eigenvalue weighted by atomic mass is 10.2. The van der Waals surface area contributed by atoms with Crippen LogP contribution in [0, 0.1) is 13.8 Å². The number of benzene rings is 1. The van der Waals surface area contributed by atoms with Crippen molar-refractivity contribution >= 4 is 35.0 Å². The molecule has 8 heteroatoms. The predicted octanol–water partition coefficient (Wildman–Crippen LogP) is 2.99. The van der Waals surface area contributed by atoms with Gasteiger partial charge in [-0.3, -0.25) is 9.59 Å². The molecule has 24 heavy (non-hydrogen) atoms. The van der Waals surface area contributed by atoms with Gasteiger partial charge in [-0.15, -0.1) is 0 Å². The van der Waals surface area contributed by atoms with Crippen molar-refractivity contribution in [2.45, 2.75) is 26.0 Å². The second-order valence-corrected chi connectivity index (χ2v) is 5.98. The van der Waals surface area contributed by atoms with Crippen LogP contribution in [-0.4, -0.2) is 29.7 Å². The lowest BCUT2D eigenvalue weighted by Crippen LogP contribution is -2.15. The second kappa shape index (κ2) is 7.87. The monoisotopic (exact) mass is 349 g/mol. The van der Waals surface area contributed by atoms with Gasteiger partial charge in [-0.1, -0.05) is 11.8 Å². The van der Waals surface area contributed by atoms with Crippen molar-refractivity contribution in [3.8, 4) is 5.75 Å². The highest BCUT2D eigenvalue weighted by molar-refractivity contribution is 7.99. The molecule has 2 rings (SSSR count). The summed E-state index contributed by atoms with van der Waals surface area (Å²) in [6, 6.07) is 5.01. The van der Waals surface area contributed by atoms with Crippen LogP contribution in [0.1, 0.15) is 18.4 Å². The van der Waals surface area contributed by atoms with E-state index in [0.29, 0.717) is 22.3 Å². The number of carbonyl (C=O) groups is 2.